The third-order valence-electron chi connectivity index (χ3n) is 4.24. The lowest BCUT2D eigenvalue weighted by Crippen LogP contribution is -2.47. The monoisotopic (exact) mass is 444 g/mol. The zero-order valence-corrected chi connectivity index (χ0v) is 16.3. The second-order valence-corrected chi connectivity index (χ2v) is 8.52. The fourth-order valence-corrected chi connectivity index (χ4v) is 3.91. The molecule has 0 bridgehead atoms. The maximum absolute atomic E-state index is 12.6. The van der Waals surface area contributed by atoms with Crippen LogP contribution in [0.15, 0.2) is 59.5 Å². The second kappa shape index (κ2) is 9.26. The highest BCUT2D eigenvalue weighted by atomic mass is 32.2. The minimum atomic E-state index is -4.58. The number of benzene rings is 2. The van der Waals surface area contributed by atoms with Crippen LogP contribution in [0.2, 0.25) is 0 Å². The molecule has 0 aliphatic heterocycles. The Balaban J connectivity index is 2.05. The van der Waals surface area contributed by atoms with Crippen LogP contribution in [0.3, 0.4) is 0 Å². The largest absolute Gasteiger partial charge is 0.416 e. The van der Waals surface area contributed by atoms with Crippen molar-refractivity contribution in [3.8, 4) is 0 Å². The SMILES string of the molecule is NC(=O)[C@@H](CCS(=O)(=O)c1ccccc1)NC(=O)[C@@H](O)c1ccc(C(F)(F)F)cc1. The van der Waals surface area contributed by atoms with E-state index in [0.717, 1.165) is 12.1 Å². The molecule has 0 spiro atoms. The Bertz CT molecular complexity index is 993. The summed E-state index contributed by atoms with van der Waals surface area (Å²) in [5.74, 6) is -2.62. The number of primary amides is 1. The van der Waals surface area contributed by atoms with E-state index < -0.39 is 51.3 Å². The normalized spacial score (nSPS) is 14.0. The van der Waals surface area contributed by atoms with Crippen LogP contribution in [0, 0.1) is 0 Å². The fraction of sp³-hybridized carbons (Fsp3) is 0.263. The molecule has 0 aliphatic rings. The van der Waals surface area contributed by atoms with Crippen molar-refractivity contribution >= 4 is 21.7 Å². The van der Waals surface area contributed by atoms with E-state index in [4.69, 9.17) is 5.73 Å². The standard InChI is InChI=1S/C19H19F3N2O5S/c20-19(21,22)13-8-6-12(7-9-13)16(25)18(27)24-15(17(23)26)10-11-30(28,29)14-4-2-1-3-5-14/h1-9,15-16,25H,10-11H2,(H2,23,26)(H,24,27)/t15-,16+/m1/s1. The number of aliphatic hydroxyl groups excluding tert-OH is 1. The molecule has 0 unspecified atom stereocenters. The van der Waals surface area contributed by atoms with Gasteiger partial charge >= 0.3 is 6.18 Å². The number of nitrogens with two attached hydrogens (primary N) is 1. The number of halogens is 3. The number of carbonyl (C=O) groups is 2. The summed E-state index contributed by atoms with van der Waals surface area (Å²) in [4.78, 5) is 23.8. The Morgan fingerprint density at radius 1 is 1.03 bits per heavy atom. The first-order valence-corrected chi connectivity index (χ1v) is 10.3. The number of nitrogens with one attached hydrogen (secondary N) is 1. The van der Waals surface area contributed by atoms with Gasteiger partial charge in [0.25, 0.3) is 5.91 Å². The van der Waals surface area contributed by atoms with Gasteiger partial charge in [-0.3, -0.25) is 9.59 Å². The number of amides is 2. The minimum absolute atomic E-state index is 0.0318. The highest BCUT2D eigenvalue weighted by molar-refractivity contribution is 7.91. The number of rotatable bonds is 8. The molecule has 30 heavy (non-hydrogen) atoms. The zero-order valence-electron chi connectivity index (χ0n) is 15.5. The Morgan fingerprint density at radius 2 is 1.60 bits per heavy atom. The van der Waals surface area contributed by atoms with E-state index in [1.165, 1.54) is 24.3 Å². The number of hydrogen-bond acceptors (Lipinski definition) is 5. The van der Waals surface area contributed by atoms with Crippen LogP contribution in [-0.2, 0) is 25.6 Å². The van der Waals surface area contributed by atoms with Crippen molar-refractivity contribution in [1.29, 1.82) is 0 Å². The van der Waals surface area contributed by atoms with Gasteiger partial charge in [-0.15, -0.1) is 0 Å². The molecule has 0 saturated carbocycles. The molecule has 0 fully saturated rings. The lowest BCUT2D eigenvalue weighted by atomic mass is 10.1. The van der Waals surface area contributed by atoms with Crippen LogP contribution >= 0.6 is 0 Å². The van der Waals surface area contributed by atoms with Crippen LogP contribution in [0.25, 0.3) is 0 Å². The number of hydrogen-bond donors (Lipinski definition) is 3. The molecular weight excluding hydrogens is 425 g/mol. The van der Waals surface area contributed by atoms with Crippen LogP contribution in [0.5, 0.6) is 0 Å². The van der Waals surface area contributed by atoms with Gasteiger partial charge in [-0.2, -0.15) is 13.2 Å². The first-order chi connectivity index (χ1) is 13.9. The van der Waals surface area contributed by atoms with Crippen molar-refractivity contribution in [3.63, 3.8) is 0 Å². The third kappa shape index (κ3) is 6.04. The highest BCUT2D eigenvalue weighted by Gasteiger charge is 2.31. The molecule has 0 aromatic heterocycles. The summed E-state index contributed by atoms with van der Waals surface area (Å²) in [6.07, 6.45) is -6.80. The van der Waals surface area contributed by atoms with Crippen LogP contribution in [0.1, 0.15) is 23.7 Å². The smallest absolute Gasteiger partial charge is 0.378 e. The number of carbonyl (C=O) groups excluding carboxylic acids is 2. The average Bonchev–Trinajstić information content (AvgIpc) is 2.70. The quantitative estimate of drug-likeness (QED) is 0.570. The van der Waals surface area contributed by atoms with Crippen molar-refractivity contribution in [2.45, 2.75) is 29.6 Å². The number of aliphatic hydroxyl groups is 1. The summed E-state index contributed by atoms with van der Waals surface area (Å²) in [5.41, 5.74) is 4.11. The Hall–Kier alpha value is -2.92. The second-order valence-electron chi connectivity index (χ2n) is 6.41. The van der Waals surface area contributed by atoms with Crippen molar-refractivity contribution in [1.82, 2.24) is 5.32 Å². The summed E-state index contributed by atoms with van der Waals surface area (Å²) >= 11 is 0. The topological polar surface area (TPSA) is 127 Å². The van der Waals surface area contributed by atoms with Gasteiger partial charge in [0.05, 0.1) is 16.2 Å². The molecule has 4 N–H and O–H groups in total. The zero-order chi connectivity index (χ0) is 22.5. The van der Waals surface area contributed by atoms with Crippen LogP contribution in [-0.4, -0.2) is 37.1 Å². The first kappa shape index (κ1) is 23.4. The summed E-state index contributed by atoms with van der Waals surface area (Å²) in [6, 6.07) is 9.28. The van der Waals surface area contributed by atoms with Gasteiger partial charge in [-0.1, -0.05) is 30.3 Å². The third-order valence-corrected chi connectivity index (χ3v) is 6.00. The molecule has 2 atom stereocenters. The molecule has 2 aromatic carbocycles. The maximum Gasteiger partial charge on any atom is 0.416 e. The molecule has 2 amide bonds. The number of alkyl halides is 3. The van der Waals surface area contributed by atoms with Crippen molar-refractivity contribution in [3.05, 3.63) is 65.7 Å². The van der Waals surface area contributed by atoms with Crippen molar-refractivity contribution in [2.75, 3.05) is 5.75 Å². The fourth-order valence-electron chi connectivity index (χ4n) is 2.56. The van der Waals surface area contributed by atoms with Gasteiger partial charge in [0, 0.05) is 0 Å². The highest BCUT2D eigenvalue weighted by Crippen LogP contribution is 2.30. The molecular formula is C19H19F3N2O5S. The lowest BCUT2D eigenvalue weighted by Gasteiger charge is -2.18. The molecule has 0 radical (unpaired) electrons. The summed E-state index contributed by atoms with van der Waals surface area (Å²) in [6.45, 7) is 0. The van der Waals surface area contributed by atoms with Gasteiger partial charge in [0.15, 0.2) is 15.9 Å². The Kier molecular flexibility index (Phi) is 7.21. The van der Waals surface area contributed by atoms with E-state index >= 15 is 0 Å². The Morgan fingerprint density at radius 3 is 2.10 bits per heavy atom. The predicted molar refractivity (Wildman–Crippen MR) is 101 cm³/mol. The maximum atomic E-state index is 12.6. The molecule has 0 heterocycles. The molecule has 7 nitrogen and oxygen atoms in total. The van der Waals surface area contributed by atoms with E-state index in [1.54, 1.807) is 6.07 Å². The van der Waals surface area contributed by atoms with Gasteiger partial charge in [0.1, 0.15) is 6.04 Å². The van der Waals surface area contributed by atoms with E-state index in [2.05, 4.69) is 5.32 Å². The van der Waals surface area contributed by atoms with Crippen molar-refractivity contribution in [2.24, 2.45) is 5.73 Å². The van der Waals surface area contributed by atoms with Crippen molar-refractivity contribution < 1.29 is 36.3 Å². The lowest BCUT2D eigenvalue weighted by molar-refractivity contribution is -0.137. The van der Waals surface area contributed by atoms with E-state index in [9.17, 15) is 36.3 Å². The molecule has 2 rings (SSSR count). The van der Waals surface area contributed by atoms with Crippen LogP contribution < -0.4 is 11.1 Å². The van der Waals surface area contributed by atoms with E-state index in [0.29, 0.717) is 12.1 Å². The summed E-state index contributed by atoms with van der Waals surface area (Å²) in [7, 11) is -3.74. The predicted octanol–water partition coefficient (Wildman–Crippen LogP) is 1.57. The Labute approximate surface area is 170 Å². The van der Waals surface area contributed by atoms with Gasteiger partial charge in [-0.05, 0) is 36.2 Å². The molecule has 2 aromatic rings. The van der Waals surface area contributed by atoms with Gasteiger partial charge < -0.3 is 16.2 Å². The molecule has 0 saturated heterocycles. The van der Waals surface area contributed by atoms with E-state index in [1.807, 2.05) is 0 Å². The summed E-state index contributed by atoms with van der Waals surface area (Å²) < 4.78 is 62.4. The van der Waals surface area contributed by atoms with Crippen LogP contribution in [0.4, 0.5) is 13.2 Å². The average molecular weight is 444 g/mol. The van der Waals surface area contributed by atoms with Gasteiger partial charge in [0.2, 0.25) is 5.91 Å². The minimum Gasteiger partial charge on any atom is -0.378 e. The van der Waals surface area contributed by atoms with E-state index in [-0.39, 0.29) is 16.9 Å². The first-order valence-electron chi connectivity index (χ1n) is 8.64. The molecule has 11 heteroatoms. The number of sulfone groups is 1. The molecule has 162 valence electrons. The molecule has 0 aliphatic carbocycles. The van der Waals surface area contributed by atoms with Gasteiger partial charge in [-0.25, -0.2) is 8.42 Å². The summed E-state index contributed by atoms with van der Waals surface area (Å²) in [5, 5.41) is 12.2.